The van der Waals surface area contributed by atoms with E-state index in [-0.39, 0.29) is 10.8 Å². The lowest BCUT2D eigenvalue weighted by molar-refractivity contribution is -0.138. The maximum absolute atomic E-state index is 10.8. The molecule has 0 aromatic rings. The summed E-state index contributed by atoms with van der Waals surface area (Å²) in [7, 11) is 0. The van der Waals surface area contributed by atoms with E-state index in [1.165, 1.54) is 18.6 Å². The van der Waals surface area contributed by atoms with E-state index in [2.05, 4.69) is 12.2 Å². The second-order valence-corrected chi connectivity index (χ2v) is 6.80. The molecule has 2 saturated heterocycles. The van der Waals surface area contributed by atoms with Crippen molar-refractivity contribution in [1.82, 2.24) is 5.32 Å². The smallest absolute Gasteiger partial charge is 0.321 e. The van der Waals surface area contributed by atoms with E-state index < -0.39 is 5.97 Å². The molecule has 0 saturated carbocycles. The molecule has 3 atom stereocenters. The number of carboxylic acids is 1. The van der Waals surface area contributed by atoms with Crippen LogP contribution >= 0.6 is 23.5 Å². The summed E-state index contributed by atoms with van der Waals surface area (Å²) in [5, 5.41) is 12.4. The van der Waals surface area contributed by atoms with Crippen molar-refractivity contribution in [3.8, 4) is 0 Å². The van der Waals surface area contributed by atoms with Gasteiger partial charge in [-0.15, -0.1) is 11.8 Å². The van der Waals surface area contributed by atoms with Gasteiger partial charge in [-0.05, 0) is 25.5 Å². The molecule has 2 aliphatic heterocycles. The fourth-order valence-corrected chi connectivity index (χ4v) is 5.00. The van der Waals surface area contributed by atoms with Crippen LogP contribution in [0.5, 0.6) is 0 Å². The van der Waals surface area contributed by atoms with Gasteiger partial charge in [0.15, 0.2) is 0 Å². The molecule has 0 bridgehead atoms. The zero-order chi connectivity index (χ0) is 10.2. The van der Waals surface area contributed by atoms with Crippen LogP contribution in [0.15, 0.2) is 0 Å². The molecule has 3 nitrogen and oxygen atoms in total. The number of hydrogen-bond acceptors (Lipinski definition) is 4. The van der Waals surface area contributed by atoms with Crippen molar-refractivity contribution < 1.29 is 9.90 Å². The van der Waals surface area contributed by atoms with Crippen LogP contribution in [0.1, 0.15) is 19.8 Å². The molecule has 14 heavy (non-hydrogen) atoms. The second kappa shape index (κ2) is 3.94. The lowest BCUT2D eigenvalue weighted by Crippen LogP contribution is -2.45. The average molecular weight is 233 g/mol. The van der Waals surface area contributed by atoms with E-state index in [0.29, 0.717) is 11.1 Å². The lowest BCUT2D eigenvalue weighted by Gasteiger charge is -2.29. The minimum atomic E-state index is -0.716. The fourth-order valence-electron chi connectivity index (χ4n) is 1.97. The Morgan fingerprint density at radius 2 is 2.43 bits per heavy atom. The minimum Gasteiger partial charge on any atom is -0.480 e. The Morgan fingerprint density at radius 1 is 1.64 bits per heavy atom. The van der Waals surface area contributed by atoms with Gasteiger partial charge in [0.05, 0.1) is 5.37 Å². The van der Waals surface area contributed by atoms with Gasteiger partial charge in [0, 0.05) is 10.5 Å². The molecule has 0 amide bonds. The highest BCUT2D eigenvalue weighted by molar-refractivity contribution is 8.04. The molecule has 2 heterocycles. The van der Waals surface area contributed by atoms with Gasteiger partial charge in [-0.25, -0.2) is 0 Å². The zero-order valence-electron chi connectivity index (χ0n) is 8.16. The summed E-state index contributed by atoms with van der Waals surface area (Å²) in [4.78, 5) is 10.8. The van der Waals surface area contributed by atoms with E-state index in [4.69, 9.17) is 5.11 Å². The number of aliphatic carboxylic acids is 1. The summed E-state index contributed by atoms with van der Waals surface area (Å²) < 4.78 is 0.245. The Morgan fingerprint density at radius 3 is 2.93 bits per heavy atom. The fraction of sp³-hybridized carbons (Fsp3) is 0.889. The van der Waals surface area contributed by atoms with Crippen molar-refractivity contribution in [3.63, 3.8) is 0 Å². The lowest BCUT2D eigenvalue weighted by atomic mass is 10.1. The molecule has 0 aliphatic carbocycles. The summed E-state index contributed by atoms with van der Waals surface area (Å²) in [5.41, 5.74) is 0. The van der Waals surface area contributed by atoms with Crippen LogP contribution in [0, 0.1) is 0 Å². The highest BCUT2D eigenvalue weighted by Gasteiger charge is 2.43. The summed E-state index contributed by atoms with van der Waals surface area (Å²) in [6, 6.07) is -0.344. The van der Waals surface area contributed by atoms with Gasteiger partial charge in [0.25, 0.3) is 0 Å². The van der Waals surface area contributed by atoms with Crippen LogP contribution in [0.2, 0.25) is 0 Å². The van der Waals surface area contributed by atoms with Crippen LogP contribution < -0.4 is 5.32 Å². The predicted molar refractivity (Wildman–Crippen MR) is 60.9 cm³/mol. The maximum atomic E-state index is 10.8. The molecule has 2 fully saturated rings. The SMILES string of the molecule is CC1(C2N[C@@H](C(=O)O)CS2)CCCS1. The normalized spacial score (nSPS) is 42.9. The van der Waals surface area contributed by atoms with Gasteiger partial charge in [-0.1, -0.05) is 0 Å². The van der Waals surface area contributed by atoms with Crippen molar-refractivity contribution in [2.24, 2.45) is 0 Å². The van der Waals surface area contributed by atoms with Gasteiger partial charge in [0.1, 0.15) is 6.04 Å². The maximum Gasteiger partial charge on any atom is 0.321 e. The van der Waals surface area contributed by atoms with Crippen LogP contribution in [-0.4, -0.2) is 38.7 Å². The van der Waals surface area contributed by atoms with E-state index >= 15 is 0 Å². The van der Waals surface area contributed by atoms with Crippen molar-refractivity contribution in [2.75, 3.05) is 11.5 Å². The Bertz CT molecular complexity index is 241. The summed E-state index contributed by atoms with van der Waals surface area (Å²) >= 11 is 3.74. The molecular weight excluding hydrogens is 218 g/mol. The van der Waals surface area contributed by atoms with E-state index in [1.807, 2.05) is 11.8 Å². The third-order valence-electron chi connectivity index (χ3n) is 2.88. The number of carboxylic acid groups (broad SMARTS) is 1. The third kappa shape index (κ3) is 1.90. The van der Waals surface area contributed by atoms with Crippen molar-refractivity contribution in [3.05, 3.63) is 0 Å². The van der Waals surface area contributed by atoms with Crippen molar-refractivity contribution in [2.45, 2.75) is 35.9 Å². The van der Waals surface area contributed by atoms with Crippen LogP contribution in [0.25, 0.3) is 0 Å². The summed E-state index contributed by atoms with van der Waals surface area (Å²) in [6.07, 6.45) is 2.46. The van der Waals surface area contributed by atoms with Crippen LogP contribution in [-0.2, 0) is 4.79 Å². The predicted octanol–water partition coefficient (Wildman–Crippen LogP) is 1.39. The van der Waals surface area contributed by atoms with E-state index in [9.17, 15) is 4.79 Å². The standard InChI is InChI=1S/C9H15NO2S2/c1-9(3-2-4-14-9)8-10-6(5-13-8)7(11)12/h6,8,10H,2-5H2,1H3,(H,11,12)/t6-,8?,9?/m1/s1. The molecular formula is C9H15NO2S2. The second-order valence-electron chi connectivity index (χ2n) is 4.04. The monoisotopic (exact) mass is 233 g/mol. The van der Waals surface area contributed by atoms with Crippen molar-refractivity contribution >= 4 is 29.5 Å². The average Bonchev–Trinajstić information content (AvgIpc) is 2.71. The number of carbonyl (C=O) groups is 1. The molecule has 80 valence electrons. The van der Waals surface area contributed by atoms with Crippen molar-refractivity contribution in [1.29, 1.82) is 0 Å². The minimum absolute atomic E-state index is 0.245. The van der Waals surface area contributed by atoms with Gasteiger partial charge < -0.3 is 5.11 Å². The zero-order valence-corrected chi connectivity index (χ0v) is 9.79. The number of hydrogen-bond donors (Lipinski definition) is 2. The van der Waals surface area contributed by atoms with E-state index in [0.717, 1.165) is 0 Å². The Hall–Kier alpha value is 0.130. The number of rotatable bonds is 2. The highest BCUT2D eigenvalue weighted by Crippen LogP contribution is 2.45. The Labute approximate surface area is 92.4 Å². The molecule has 0 aromatic carbocycles. The first kappa shape index (κ1) is 10.6. The van der Waals surface area contributed by atoms with Gasteiger partial charge in [-0.2, -0.15) is 11.8 Å². The number of nitrogens with one attached hydrogen (secondary N) is 1. The molecule has 2 aliphatic rings. The molecule has 2 unspecified atom stereocenters. The van der Waals surface area contributed by atoms with Gasteiger partial charge in [-0.3, -0.25) is 10.1 Å². The summed E-state index contributed by atoms with van der Waals surface area (Å²) in [5.74, 6) is 1.20. The first-order valence-electron chi connectivity index (χ1n) is 4.86. The van der Waals surface area contributed by atoms with Crippen LogP contribution in [0.4, 0.5) is 0 Å². The summed E-state index contributed by atoms with van der Waals surface area (Å²) in [6.45, 7) is 2.25. The first-order chi connectivity index (χ1) is 6.62. The van der Waals surface area contributed by atoms with Gasteiger partial charge in [0.2, 0.25) is 0 Å². The quantitative estimate of drug-likeness (QED) is 0.755. The molecule has 0 radical (unpaired) electrons. The topological polar surface area (TPSA) is 49.3 Å². The van der Waals surface area contributed by atoms with E-state index in [1.54, 1.807) is 11.8 Å². The molecule has 2 N–H and O–H groups in total. The largest absolute Gasteiger partial charge is 0.480 e. The van der Waals surface area contributed by atoms with Gasteiger partial charge >= 0.3 is 5.97 Å². The molecule has 0 aromatic heterocycles. The Kier molecular flexibility index (Phi) is 3.00. The van der Waals surface area contributed by atoms with Crippen LogP contribution in [0.3, 0.4) is 0 Å². The highest BCUT2D eigenvalue weighted by atomic mass is 32.2. The number of thioether (sulfide) groups is 2. The molecule has 2 rings (SSSR count). The molecule has 5 heteroatoms. The third-order valence-corrected chi connectivity index (χ3v) is 6.14. The first-order valence-corrected chi connectivity index (χ1v) is 6.90. The Balaban J connectivity index is 1.97. The molecule has 0 spiro atoms.